The molecule has 0 atom stereocenters. The maximum atomic E-state index is 5.62. The van der Waals surface area contributed by atoms with E-state index in [1.54, 1.807) is 0 Å². The van der Waals surface area contributed by atoms with Crippen molar-refractivity contribution in [1.29, 1.82) is 0 Å². The average molecular weight is 251 g/mol. The van der Waals surface area contributed by atoms with E-state index >= 15 is 0 Å². The molecule has 4 nitrogen and oxygen atoms in total. The fraction of sp³-hybridized carbons (Fsp3) is 0.786. The Morgan fingerprint density at radius 1 is 1.50 bits per heavy atom. The number of aromatic nitrogens is 2. The first-order valence-electron chi connectivity index (χ1n) is 7.06. The van der Waals surface area contributed by atoms with E-state index in [1.807, 2.05) is 6.33 Å². The molecule has 1 aliphatic rings. The molecule has 0 radical (unpaired) electrons. The quantitative estimate of drug-likeness (QED) is 0.684. The molecule has 0 unspecified atom stereocenters. The van der Waals surface area contributed by atoms with Crippen LogP contribution in [-0.2, 0) is 17.8 Å². The van der Waals surface area contributed by atoms with Gasteiger partial charge < -0.3 is 14.6 Å². The Balaban J connectivity index is 1.57. The summed E-state index contributed by atoms with van der Waals surface area (Å²) in [4.78, 5) is 4.38. The van der Waals surface area contributed by atoms with Crippen LogP contribution in [0.15, 0.2) is 12.5 Å². The van der Waals surface area contributed by atoms with Gasteiger partial charge in [-0.05, 0) is 25.2 Å². The molecule has 0 aromatic carbocycles. The molecule has 1 N–H and O–H groups in total. The van der Waals surface area contributed by atoms with Crippen molar-refractivity contribution in [3.8, 4) is 0 Å². The smallest absolute Gasteiger partial charge is 0.0949 e. The summed E-state index contributed by atoms with van der Waals surface area (Å²) in [5.41, 5.74) is 1.11. The van der Waals surface area contributed by atoms with Crippen molar-refractivity contribution in [2.75, 3.05) is 13.2 Å². The summed E-state index contributed by atoms with van der Waals surface area (Å²) in [6.45, 7) is 7.98. The van der Waals surface area contributed by atoms with Gasteiger partial charge in [-0.1, -0.05) is 13.8 Å². The van der Waals surface area contributed by atoms with E-state index in [9.17, 15) is 0 Å². The van der Waals surface area contributed by atoms with E-state index in [2.05, 4.69) is 34.9 Å². The Labute approximate surface area is 110 Å². The Hall–Kier alpha value is -0.870. The van der Waals surface area contributed by atoms with E-state index in [4.69, 9.17) is 4.74 Å². The van der Waals surface area contributed by atoms with Crippen LogP contribution in [0.1, 0.15) is 38.8 Å². The van der Waals surface area contributed by atoms with Gasteiger partial charge in [0.2, 0.25) is 0 Å². The first kappa shape index (κ1) is 13.6. The molecule has 0 amide bonds. The van der Waals surface area contributed by atoms with Crippen molar-refractivity contribution >= 4 is 0 Å². The maximum absolute atomic E-state index is 5.62. The lowest BCUT2D eigenvalue weighted by Gasteiger charge is -2.05. The molecule has 0 aliphatic heterocycles. The lowest BCUT2D eigenvalue weighted by molar-refractivity contribution is 0.119. The lowest BCUT2D eigenvalue weighted by atomic mass is 10.3. The number of nitrogens with one attached hydrogen (secondary N) is 1. The molecule has 1 aliphatic carbocycles. The first-order valence-corrected chi connectivity index (χ1v) is 7.06. The summed E-state index contributed by atoms with van der Waals surface area (Å²) >= 11 is 0. The predicted octanol–water partition coefficient (Wildman–Crippen LogP) is 2.20. The van der Waals surface area contributed by atoms with E-state index < -0.39 is 0 Å². The number of hydrogen-bond donors (Lipinski definition) is 1. The summed E-state index contributed by atoms with van der Waals surface area (Å²) in [6.07, 6.45) is 7.84. The van der Waals surface area contributed by atoms with Gasteiger partial charge in [-0.3, -0.25) is 0 Å². The molecule has 1 aromatic heterocycles. The normalized spacial score (nSPS) is 15.5. The van der Waals surface area contributed by atoms with E-state index in [1.165, 1.54) is 12.8 Å². The van der Waals surface area contributed by atoms with Crippen LogP contribution in [-0.4, -0.2) is 28.8 Å². The predicted molar refractivity (Wildman–Crippen MR) is 72.4 cm³/mol. The van der Waals surface area contributed by atoms with Crippen molar-refractivity contribution in [2.24, 2.45) is 5.92 Å². The minimum absolute atomic E-state index is 0.506. The zero-order chi connectivity index (χ0) is 12.8. The molecule has 1 saturated carbocycles. The van der Waals surface area contributed by atoms with Crippen molar-refractivity contribution in [3.63, 3.8) is 0 Å². The third kappa shape index (κ3) is 5.19. The Bertz CT molecular complexity index is 345. The minimum Gasteiger partial charge on any atom is -0.381 e. The van der Waals surface area contributed by atoms with Crippen LogP contribution < -0.4 is 5.32 Å². The lowest BCUT2D eigenvalue weighted by Crippen LogP contribution is -2.21. The van der Waals surface area contributed by atoms with E-state index in [0.29, 0.717) is 6.04 Å². The SMILES string of the molecule is CC(C)NCc1cn(CCCOCC2CC2)cn1. The highest BCUT2D eigenvalue weighted by atomic mass is 16.5. The summed E-state index contributed by atoms with van der Waals surface area (Å²) in [6, 6.07) is 0.506. The molecular formula is C14H25N3O. The first-order chi connectivity index (χ1) is 8.74. The third-order valence-electron chi connectivity index (χ3n) is 3.13. The van der Waals surface area contributed by atoms with Gasteiger partial charge in [-0.2, -0.15) is 0 Å². The molecule has 0 spiro atoms. The molecule has 18 heavy (non-hydrogen) atoms. The van der Waals surface area contributed by atoms with Crippen molar-refractivity contribution in [2.45, 2.75) is 52.2 Å². The molecular weight excluding hydrogens is 226 g/mol. The van der Waals surface area contributed by atoms with Gasteiger partial charge in [0.15, 0.2) is 0 Å². The van der Waals surface area contributed by atoms with Crippen LogP contribution in [0.5, 0.6) is 0 Å². The third-order valence-corrected chi connectivity index (χ3v) is 3.13. The molecule has 2 rings (SSSR count). The molecule has 1 fully saturated rings. The fourth-order valence-corrected chi connectivity index (χ4v) is 1.81. The number of rotatable bonds is 9. The highest BCUT2D eigenvalue weighted by Gasteiger charge is 2.20. The molecule has 0 bridgehead atoms. The number of aryl methyl sites for hydroxylation is 1. The molecule has 1 aromatic rings. The zero-order valence-corrected chi connectivity index (χ0v) is 11.6. The largest absolute Gasteiger partial charge is 0.381 e. The van der Waals surface area contributed by atoms with Crippen LogP contribution in [0.2, 0.25) is 0 Å². The van der Waals surface area contributed by atoms with Crippen molar-refractivity contribution < 1.29 is 4.74 Å². The number of ether oxygens (including phenoxy) is 1. The monoisotopic (exact) mass is 251 g/mol. The summed E-state index contributed by atoms with van der Waals surface area (Å²) in [5.74, 6) is 0.868. The summed E-state index contributed by atoms with van der Waals surface area (Å²) in [7, 11) is 0. The zero-order valence-electron chi connectivity index (χ0n) is 11.6. The van der Waals surface area contributed by atoms with Gasteiger partial charge in [0.25, 0.3) is 0 Å². The van der Waals surface area contributed by atoms with Crippen LogP contribution in [0, 0.1) is 5.92 Å². The van der Waals surface area contributed by atoms with Crippen LogP contribution >= 0.6 is 0 Å². The van der Waals surface area contributed by atoms with Crippen LogP contribution in [0.25, 0.3) is 0 Å². The van der Waals surface area contributed by atoms with Gasteiger partial charge in [0, 0.05) is 38.5 Å². The maximum Gasteiger partial charge on any atom is 0.0949 e. The molecule has 0 saturated heterocycles. The van der Waals surface area contributed by atoms with Gasteiger partial charge in [-0.25, -0.2) is 4.98 Å². The van der Waals surface area contributed by atoms with E-state index in [-0.39, 0.29) is 0 Å². The number of imidazole rings is 1. The second-order valence-corrected chi connectivity index (χ2v) is 5.51. The van der Waals surface area contributed by atoms with Gasteiger partial charge in [-0.15, -0.1) is 0 Å². The minimum atomic E-state index is 0.506. The Kier molecular flexibility index (Phi) is 5.20. The van der Waals surface area contributed by atoms with Gasteiger partial charge >= 0.3 is 0 Å². The summed E-state index contributed by atoms with van der Waals surface area (Å²) in [5, 5.41) is 3.37. The second kappa shape index (κ2) is 6.90. The molecule has 4 heteroatoms. The molecule has 102 valence electrons. The number of nitrogens with zero attached hydrogens (tertiary/aromatic N) is 2. The number of hydrogen-bond acceptors (Lipinski definition) is 3. The Morgan fingerprint density at radius 3 is 3.06 bits per heavy atom. The van der Waals surface area contributed by atoms with Crippen molar-refractivity contribution in [3.05, 3.63) is 18.2 Å². The highest BCUT2D eigenvalue weighted by molar-refractivity contribution is 4.96. The van der Waals surface area contributed by atoms with E-state index in [0.717, 1.165) is 44.3 Å². The second-order valence-electron chi connectivity index (χ2n) is 5.51. The molecule has 1 heterocycles. The standard InChI is InChI=1S/C14H25N3O/c1-12(2)15-8-14-9-17(11-16-14)6-3-7-18-10-13-4-5-13/h9,11-13,15H,3-8,10H2,1-2H3. The Morgan fingerprint density at radius 2 is 2.33 bits per heavy atom. The fourth-order valence-electron chi connectivity index (χ4n) is 1.81. The topological polar surface area (TPSA) is 39.1 Å². The van der Waals surface area contributed by atoms with Crippen molar-refractivity contribution in [1.82, 2.24) is 14.9 Å². The van der Waals surface area contributed by atoms with Gasteiger partial charge in [0.1, 0.15) is 0 Å². The summed E-state index contributed by atoms with van der Waals surface area (Å²) < 4.78 is 7.77. The average Bonchev–Trinajstić information content (AvgIpc) is 3.05. The van der Waals surface area contributed by atoms with Crippen LogP contribution in [0.3, 0.4) is 0 Å². The highest BCUT2D eigenvalue weighted by Crippen LogP contribution is 2.28. The van der Waals surface area contributed by atoms with Gasteiger partial charge in [0.05, 0.1) is 12.0 Å². The van der Waals surface area contributed by atoms with Crippen LogP contribution in [0.4, 0.5) is 0 Å².